The van der Waals surface area contributed by atoms with Crippen LogP contribution in [-0.4, -0.2) is 58.5 Å². The molecule has 9 heteroatoms. The molecule has 2 amide bonds. The number of aliphatic hydroxyl groups is 3. The van der Waals surface area contributed by atoms with E-state index < -0.39 is 43.1 Å². The van der Waals surface area contributed by atoms with Gasteiger partial charge >= 0.3 is 6.03 Å². The first-order valence-electron chi connectivity index (χ1n) is 4.48. The Morgan fingerprint density at radius 1 is 1.38 bits per heavy atom. The molecule has 92 valence electrons. The number of nitrogens with two attached hydrogens (primary N) is 2. The summed E-state index contributed by atoms with van der Waals surface area (Å²) in [7, 11) is 0. The van der Waals surface area contributed by atoms with E-state index in [1.54, 1.807) is 0 Å². The van der Waals surface area contributed by atoms with Crippen molar-refractivity contribution in [2.75, 3.05) is 6.61 Å². The molecule has 0 aliphatic carbocycles. The Bertz CT molecular complexity index is 293. The predicted molar refractivity (Wildman–Crippen MR) is 52.1 cm³/mol. The molecule has 8 N–H and O–H groups in total. The van der Waals surface area contributed by atoms with Gasteiger partial charge in [0.2, 0.25) is 0 Å². The molecule has 1 saturated heterocycles. The third kappa shape index (κ3) is 2.79. The van der Waals surface area contributed by atoms with Gasteiger partial charge in [0.25, 0.3) is 0 Å². The lowest BCUT2D eigenvalue weighted by atomic mass is 10.1. The molecule has 1 heterocycles. The highest BCUT2D eigenvalue weighted by molar-refractivity contribution is 5.90. The molecule has 0 aromatic heterocycles. The standard InChI is InChI=1S/C7H14N4O5/c8-6(9)11-7(15)10-5-4(14)3(13)2(1-12)16-5/h2-5,12-14H,1H2,(H5,8,9,10,11,15)/t2-,3+,4+,5-/m1/s1. The summed E-state index contributed by atoms with van der Waals surface area (Å²) in [6.45, 7) is -0.479. The van der Waals surface area contributed by atoms with E-state index in [1.807, 2.05) is 0 Å². The zero-order valence-corrected chi connectivity index (χ0v) is 8.28. The van der Waals surface area contributed by atoms with Crippen molar-refractivity contribution in [2.24, 2.45) is 16.5 Å². The quantitative estimate of drug-likeness (QED) is 0.212. The molecule has 0 aromatic rings. The molecular formula is C7H14N4O5. The van der Waals surface area contributed by atoms with Crippen molar-refractivity contribution in [2.45, 2.75) is 24.5 Å². The highest BCUT2D eigenvalue weighted by Gasteiger charge is 2.42. The average Bonchev–Trinajstić information content (AvgIpc) is 2.44. The van der Waals surface area contributed by atoms with Gasteiger partial charge in [-0.25, -0.2) is 4.79 Å². The summed E-state index contributed by atoms with van der Waals surface area (Å²) in [5.74, 6) is -0.441. The third-order valence-electron chi connectivity index (χ3n) is 2.04. The molecule has 1 fully saturated rings. The lowest BCUT2D eigenvalue weighted by Gasteiger charge is -2.14. The van der Waals surface area contributed by atoms with Gasteiger partial charge in [0.15, 0.2) is 12.2 Å². The van der Waals surface area contributed by atoms with E-state index in [4.69, 9.17) is 21.3 Å². The van der Waals surface area contributed by atoms with E-state index in [0.717, 1.165) is 0 Å². The van der Waals surface area contributed by atoms with Crippen LogP contribution in [0.1, 0.15) is 0 Å². The lowest BCUT2D eigenvalue weighted by Crippen LogP contribution is -2.43. The van der Waals surface area contributed by atoms with Gasteiger partial charge in [-0.3, -0.25) is 0 Å². The SMILES string of the molecule is NC(N)=NC(=O)N[C@@H]1O[C@H](CO)[C@H](O)[C@@H]1O. The number of guanidine groups is 1. The summed E-state index contributed by atoms with van der Waals surface area (Å²) < 4.78 is 4.95. The smallest absolute Gasteiger partial charge is 0.346 e. The first-order chi connectivity index (χ1) is 7.45. The normalized spacial score (nSPS) is 33.4. The highest BCUT2D eigenvalue weighted by atomic mass is 16.6. The van der Waals surface area contributed by atoms with Crippen LogP contribution < -0.4 is 16.8 Å². The van der Waals surface area contributed by atoms with Crippen LogP contribution in [0.15, 0.2) is 4.99 Å². The Balaban J connectivity index is 2.56. The van der Waals surface area contributed by atoms with E-state index in [9.17, 15) is 15.0 Å². The van der Waals surface area contributed by atoms with Crippen LogP contribution >= 0.6 is 0 Å². The summed E-state index contributed by atoms with van der Waals surface area (Å²) in [4.78, 5) is 14.2. The van der Waals surface area contributed by atoms with E-state index in [0.29, 0.717) is 0 Å². The van der Waals surface area contributed by atoms with Crippen LogP contribution in [0, 0.1) is 0 Å². The van der Waals surface area contributed by atoms with Crippen LogP contribution in [0.5, 0.6) is 0 Å². The minimum Gasteiger partial charge on any atom is -0.394 e. The Labute approximate surface area is 90.7 Å². The van der Waals surface area contributed by atoms with Crippen LogP contribution in [0.25, 0.3) is 0 Å². The minimum absolute atomic E-state index is 0.441. The number of rotatable bonds is 2. The second-order valence-corrected chi connectivity index (χ2v) is 3.25. The zero-order valence-electron chi connectivity index (χ0n) is 8.28. The van der Waals surface area contributed by atoms with Crippen LogP contribution in [-0.2, 0) is 4.74 Å². The molecule has 0 aromatic carbocycles. The molecule has 0 radical (unpaired) electrons. The fraction of sp³-hybridized carbons (Fsp3) is 0.714. The number of nitrogens with one attached hydrogen (secondary N) is 1. The number of hydrogen-bond donors (Lipinski definition) is 6. The van der Waals surface area contributed by atoms with E-state index in [-0.39, 0.29) is 0 Å². The summed E-state index contributed by atoms with van der Waals surface area (Å²) in [6.07, 6.45) is -4.76. The van der Waals surface area contributed by atoms with Crippen molar-refractivity contribution in [3.63, 3.8) is 0 Å². The second kappa shape index (κ2) is 5.07. The van der Waals surface area contributed by atoms with Crippen LogP contribution in [0.4, 0.5) is 4.79 Å². The fourth-order valence-electron chi connectivity index (χ4n) is 1.29. The number of aliphatic hydroxyl groups excluding tert-OH is 3. The van der Waals surface area contributed by atoms with E-state index in [1.165, 1.54) is 0 Å². The topological polar surface area (TPSA) is 163 Å². The minimum atomic E-state index is -1.35. The molecule has 1 aliphatic rings. The highest BCUT2D eigenvalue weighted by Crippen LogP contribution is 2.19. The van der Waals surface area contributed by atoms with Crippen LogP contribution in [0.2, 0.25) is 0 Å². The molecule has 0 bridgehead atoms. The van der Waals surface area contributed by atoms with Gasteiger partial charge in [-0.15, -0.1) is 0 Å². The Hall–Kier alpha value is -1.42. The van der Waals surface area contributed by atoms with Gasteiger partial charge < -0.3 is 36.8 Å². The molecule has 16 heavy (non-hydrogen) atoms. The Morgan fingerprint density at radius 2 is 2.00 bits per heavy atom. The van der Waals surface area contributed by atoms with Gasteiger partial charge in [0, 0.05) is 0 Å². The summed E-state index contributed by atoms with van der Waals surface area (Å²) in [5.41, 5.74) is 9.91. The number of ether oxygens (including phenoxy) is 1. The number of aliphatic imine (C=N–C) groups is 1. The maximum absolute atomic E-state index is 11.1. The number of urea groups is 1. The summed E-state index contributed by atoms with van der Waals surface area (Å²) >= 11 is 0. The maximum Gasteiger partial charge on any atom is 0.346 e. The van der Waals surface area contributed by atoms with Gasteiger partial charge in [-0.05, 0) is 0 Å². The van der Waals surface area contributed by atoms with Crippen molar-refractivity contribution < 1.29 is 24.9 Å². The van der Waals surface area contributed by atoms with E-state index in [2.05, 4.69) is 10.3 Å². The summed E-state index contributed by atoms with van der Waals surface area (Å²) in [6, 6.07) is -0.908. The first-order valence-corrected chi connectivity index (χ1v) is 4.48. The Kier molecular flexibility index (Phi) is 4.01. The number of amides is 2. The molecule has 4 atom stereocenters. The van der Waals surface area contributed by atoms with Gasteiger partial charge in [-0.2, -0.15) is 4.99 Å². The molecule has 0 spiro atoms. The van der Waals surface area contributed by atoms with Gasteiger partial charge in [-0.1, -0.05) is 0 Å². The van der Waals surface area contributed by atoms with Crippen molar-refractivity contribution in [1.29, 1.82) is 0 Å². The molecule has 0 unspecified atom stereocenters. The molecule has 1 rings (SSSR count). The molecule has 9 nitrogen and oxygen atoms in total. The zero-order chi connectivity index (χ0) is 12.3. The van der Waals surface area contributed by atoms with Gasteiger partial charge in [0.1, 0.15) is 18.3 Å². The number of carbonyl (C=O) groups excluding carboxylic acids is 1. The molecular weight excluding hydrogens is 220 g/mol. The van der Waals surface area contributed by atoms with Crippen molar-refractivity contribution in [3.8, 4) is 0 Å². The lowest BCUT2D eigenvalue weighted by molar-refractivity contribution is -0.0281. The number of hydrogen-bond acceptors (Lipinski definition) is 5. The van der Waals surface area contributed by atoms with Crippen molar-refractivity contribution >= 4 is 12.0 Å². The molecule has 0 saturated carbocycles. The van der Waals surface area contributed by atoms with Crippen LogP contribution in [0.3, 0.4) is 0 Å². The van der Waals surface area contributed by atoms with Gasteiger partial charge in [0.05, 0.1) is 6.61 Å². The third-order valence-corrected chi connectivity index (χ3v) is 2.04. The van der Waals surface area contributed by atoms with E-state index >= 15 is 0 Å². The Morgan fingerprint density at radius 3 is 2.44 bits per heavy atom. The second-order valence-electron chi connectivity index (χ2n) is 3.25. The van der Waals surface area contributed by atoms with Crippen molar-refractivity contribution in [3.05, 3.63) is 0 Å². The average molecular weight is 234 g/mol. The molecule has 1 aliphatic heterocycles. The van der Waals surface area contributed by atoms with Crippen molar-refractivity contribution in [1.82, 2.24) is 5.32 Å². The predicted octanol–water partition coefficient (Wildman–Crippen LogP) is -3.59. The largest absolute Gasteiger partial charge is 0.394 e. The monoisotopic (exact) mass is 234 g/mol. The number of nitrogens with zero attached hydrogens (tertiary/aromatic N) is 1. The summed E-state index contributed by atoms with van der Waals surface area (Å²) in [5, 5.41) is 29.7. The first kappa shape index (κ1) is 12.6. The fourth-order valence-corrected chi connectivity index (χ4v) is 1.29. The number of carbonyl (C=O) groups is 1. The maximum atomic E-state index is 11.1.